The average Bonchev–Trinajstić information content (AvgIpc) is 2.52. The monoisotopic (exact) mass is 325 g/mol. The number of aromatic nitrogens is 2. The third kappa shape index (κ3) is 6.25. The molecular weight excluding hydrogens is 302 g/mol. The number of ether oxygens (including phenoxy) is 1. The molecular formula is C19H23N3O2. The number of carbonyl (C=O) groups is 1. The van der Waals surface area contributed by atoms with Gasteiger partial charge >= 0.3 is 6.09 Å². The van der Waals surface area contributed by atoms with Gasteiger partial charge in [-0.2, -0.15) is 0 Å². The van der Waals surface area contributed by atoms with Crippen LogP contribution in [0.1, 0.15) is 45.6 Å². The largest absolute Gasteiger partial charge is 0.444 e. The van der Waals surface area contributed by atoms with Crippen molar-refractivity contribution < 1.29 is 9.53 Å². The van der Waals surface area contributed by atoms with Gasteiger partial charge in [-0.15, -0.1) is 0 Å². The number of carbonyl (C=O) groups excluding carboxylic acids is 1. The van der Waals surface area contributed by atoms with Crippen molar-refractivity contribution in [1.82, 2.24) is 15.3 Å². The van der Waals surface area contributed by atoms with Crippen molar-refractivity contribution in [3.05, 3.63) is 36.3 Å². The van der Waals surface area contributed by atoms with Crippen LogP contribution < -0.4 is 5.32 Å². The van der Waals surface area contributed by atoms with Crippen molar-refractivity contribution in [2.45, 2.75) is 45.6 Å². The van der Waals surface area contributed by atoms with E-state index in [9.17, 15) is 4.79 Å². The summed E-state index contributed by atoms with van der Waals surface area (Å²) in [7, 11) is 0. The molecule has 5 nitrogen and oxygen atoms in total. The highest BCUT2D eigenvalue weighted by atomic mass is 16.6. The summed E-state index contributed by atoms with van der Waals surface area (Å²) >= 11 is 0. The van der Waals surface area contributed by atoms with Gasteiger partial charge in [0.05, 0.1) is 5.52 Å². The lowest BCUT2D eigenvalue weighted by atomic mass is 10.1. The first-order chi connectivity index (χ1) is 11.4. The van der Waals surface area contributed by atoms with Crippen LogP contribution in [0.3, 0.4) is 0 Å². The minimum absolute atomic E-state index is 0.369. The normalized spacial score (nSPS) is 10.8. The van der Waals surface area contributed by atoms with Gasteiger partial charge in [-0.1, -0.05) is 17.9 Å². The first kappa shape index (κ1) is 17.7. The zero-order chi connectivity index (χ0) is 17.4. The van der Waals surface area contributed by atoms with Gasteiger partial charge in [-0.25, -0.2) is 14.8 Å². The van der Waals surface area contributed by atoms with Gasteiger partial charge in [0.2, 0.25) is 0 Å². The van der Waals surface area contributed by atoms with Crippen LogP contribution in [0.5, 0.6) is 0 Å². The number of nitrogens with zero attached hydrogens (tertiary/aromatic N) is 2. The smallest absolute Gasteiger partial charge is 0.407 e. The Balaban J connectivity index is 1.69. The first-order valence-corrected chi connectivity index (χ1v) is 8.09. The average molecular weight is 325 g/mol. The molecule has 1 aromatic carbocycles. The predicted molar refractivity (Wildman–Crippen MR) is 94.5 cm³/mol. The summed E-state index contributed by atoms with van der Waals surface area (Å²) in [5.74, 6) is 6.30. The van der Waals surface area contributed by atoms with Crippen LogP contribution in [0.4, 0.5) is 4.79 Å². The van der Waals surface area contributed by atoms with E-state index in [2.05, 4.69) is 27.1 Å². The molecule has 1 heterocycles. The molecule has 0 spiro atoms. The summed E-state index contributed by atoms with van der Waals surface area (Å²) in [5.41, 5.74) is 1.40. The number of amides is 1. The Morgan fingerprint density at radius 3 is 2.92 bits per heavy atom. The number of nitrogens with one attached hydrogen (secondary N) is 1. The lowest BCUT2D eigenvalue weighted by Gasteiger charge is -2.19. The van der Waals surface area contributed by atoms with E-state index in [1.807, 2.05) is 39.0 Å². The molecule has 1 N–H and O–H groups in total. The molecule has 126 valence electrons. The van der Waals surface area contributed by atoms with Crippen molar-refractivity contribution in [2.24, 2.45) is 0 Å². The molecule has 0 saturated heterocycles. The summed E-state index contributed by atoms with van der Waals surface area (Å²) in [5, 5.41) is 3.75. The highest BCUT2D eigenvalue weighted by molar-refractivity contribution is 5.78. The van der Waals surface area contributed by atoms with Gasteiger partial charge in [0.15, 0.2) is 0 Å². The molecule has 0 fully saturated rings. The fraction of sp³-hybridized carbons (Fsp3) is 0.421. The van der Waals surface area contributed by atoms with E-state index >= 15 is 0 Å². The van der Waals surface area contributed by atoms with E-state index in [1.54, 1.807) is 6.20 Å². The molecule has 0 atom stereocenters. The standard InChI is InChI=1S/C19H23N3O2/c1-19(2,3)24-18(23)21-11-7-5-4-6-8-15-9-10-16-13-20-14-22-17(16)12-15/h9-10,12-14H,4-5,7,11H2,1-3H3,(H,21,23). The molecule has 24 heavy (non-hydrogen) atoms. The van der Waals surface area contributed by atoms with Crippen LogP contribution in [0.25, 0.3) is 10.9 Å². The minimum Gasteiger partial charge on any atom is -0.444 e. The number of hydrogen-bond donors (Lipinski definition) is 1. The van der Waals surface area contributed by atoms with Crippen molar-refractivity contribution in [1.29, 1.82) is 0 Å². The maximum absolute atomic E-state index is 11.5. The predicted octanol–water partition coefficient (Wildman–Crippen LogP) is 3.68. The Kier molecular flexibility index (Phi) is 6.14. The second-order valence-electron chi connectivity index (χ2n) is 6.48. The molecule has 5 heteroatoms. The Morgan fingerprint density at radius 2 is 2.12 bits per heavy atom. The molecule has 0 saturated carbocycles. The molecule has 0 radical (unpaired) electrons. The van der Waals surface area contributed by atoms with Gasteiger partial charge in [0.1, 0.15) is 11.9 Å². The third-order valence-electron chi connectivity index (χ3n) is 3.14. The van der Waals surface area contributed by atoms with E-state index in [4.69, 9.17) is 4.74 Å². The fourth-order valence-electron chi connectivity index (χ4n) is 2.06. The Morgan fingerprint density at radius 1 is 1.29 bits per heavy atom. The maximum atomic E-state index is 11.5. The van der Waals surface area contributed by atoms with Crippen molar-refractivity contribution in [3.63, 3.8) is 0 Å². The zero-order valence-corrected chi connectivity index (χ0v) is 14.4. The lowest BCUT2D eigenvalue weighted by molar-refractivity contribution is 0.0527. The van der Waals surface area contributed by atoms with Crippen molar-refractivity contribution in [2.75, 3.05) is 6.54 Å². The molecule has 2 rings (SSSR count). The summed E-state index contributed by atoms with van der Waals surface area (Å²) in [6, 6.07) is 5.92. The highest BCUT2D eigenvalue weighted by Gasteiger charge is 2.15. The lowest BCUT2D eigenvalue weighted by Crippen LogP contribution is -2.32. The molecule has 1 amide bonds. The maximum Gasteiger partial charge on any atom is 0.407 e. The second-order valence-corrected chi connectivity index (χ2v) is 6.48. The van der Waals surface area contributed by atoms with Gasteiger partial charge < -0.3 is 10.1 Å². The number of hydrogen-bond acceptors (Lipinski definition) is 4. The van der Waals surface area contributed by atoms with Crippen molar-refractivity contribution in [3.8, 4) is 11.8 Å². The molecule has 0 unspecified atom stereocenters. The van der Waals surface area contributed by atoms with Crippen LogP contribution in [0, 0.1) is 11.8 Å². The minimum atomic E-state index is -0.458. The quantitative estimate of drug-likeness (QED) is 0.688. The molecule has 0 aliphatic heterocycles. The van der Waals surface area contributed by atoms with Gasteiger partial charge in [-0.05, 0) is 45.7 Å². The van der Waals surface area contributed by atoms with Crippen LogP contribution in [0.15, 0.2) is 30.7 Å². The Labute approximate surface area is 142 Å². The van der Waals surface area contributed by atoms with E-state index in [0.29, 0.717) is 6.54 Å². The van der Waals surface area contributed by atoms with Crippen LogP contribution in [-0.2, 0) is 4.74 Å². The fourth-order valence-corrected chi connectivity index (χ4v) is 2.06. The topological polar surface area (TPSA) is 64.1 Å². The number of unbranched alkanes of at least 4 members (excludes halogenated alkanes) is 2. The number of benzene rings is 1. The van der Waals surface area contributed by atoms with Crippen molar-refractivity contribution >= 4 is 17.0 Å². The van der Waals surface area contributed by atoms with E-state index < -0.39 is 5.60 Å². The molecule has 0 aliphatic rings. The second kappa shape index (κ2) is 8.30. The van der Waals surface area contributed by atoms with E-state index in [0.717, 1.165) is 35.7 Å². The zero-order valence-electron chi connectivity index (χ0n) is 14.4. The molecule has 0 bridgehead atoms. The summed E-state index contributed by atoms with van der Waals surface area (Å²) in [4.78, 5) is 19.7. The number of rotatable bonds is 4. The SMILES string of the molecule is CC(C)(C)OC(=O)NCCCCC#Cc1ccc2cncnc2c1. The van der Waals surface area contributed by atoms with Gasteiger partial charge in [0, 0.05) is 30.1 Å². The van der Waals surface area contributed by atoms with E-state index in [1.165, 1.54) is 6.33 Å². The Hall–Kier alpha value is -2.61. The molecule has 0 aliphatic carbocycles. The van der Waals surface area contributed by atoms with E-state index in [-0.39, 0.29) is 6.09 Å². The highest BCUT2D eigenvalue weighted by Crippen LogP contribution is 2.11. The van der Waals surface area contributed by atoms with Crippen LogP contribution in [0.2, 0.25) is 0 Å². The summed E-state index contributed by atoms with van der Waals surface area (Å²) in [6.45, 7) is 6.15. The number of fused-ring (bicyclic) bond motifs is 1. The van der Waals surface area contributed by atoms with Gasteiger partial charge in [0.25, 0.3) is 0 Å². The summed E-state index contributed by atoms with van der Waals surface area (Å²) < 4.78 is 5.17. The van der Waals surface area contributed by atoms with Gasteiger partial charge in [-0.3, -0.25) is 0 Å². The molecule has 2 aromatic rings. The Bertz CT molecular complexity index is 754. The third-order valence-corrected chi connectivity index (χ3v) is 3.14. The molecule has 1 aromatic heterocycles. The van der Waals surface area contributed by atoms with Crippen LogP contribution in [-0.4, -0.2) is 28.2 Å². The summed E-state index contributed by atoms with van der Waals surface area (Å²) in [6.07, 6.45) is 5.55. The van der Waals surface area contributed by atoms with Crippen LogP contribution >= 0.6 is 0 Å². The first-order valence-electron chi connectivity index (χ1n) is 8.09. The number of alkyl carbamates (subject to hydrolysis) is 1.